The van der Waals surface area contributed by atoms with Gasteiger partial charge in [-0.3, -0.25) is 19.2 Å². The van der Waals surface area contributed by atoms with E-state index in [-0.39, 0.29) is 47.8 Å². The zero-order valence-corrected chi connectivity index (χ0v) is 42.1. The number of carbonyl (C=O) groups is 4. The fourth-order valence-electron chi connectivity index (χ4n) is 9.85. The van der Waals surface area contributed by atoms with E-state index in [1.165, 1.54) is 23.3 Å². The van der Waals surface area contributed by atoms with Crippen molar-refractivity contribution in [1.82, 2.24) is 0 Å². The summed E-state index contributed by atoms with van der Waals surface area (Å²) in [4.78, 5) is 52.2. The predicted octanol–water partition coefficient (Wildman–Crippen LogP) is 7.02. The van der Waals surface area contributed by atoms with Crippen molar-refractivity contribution in [1.29, 1.82) is 5.26 Å². The molecule has 0 radical (unpaired) electrons. The van der Waals surface area contributed by atoms with Crippen LogP contribution >= 0.6 is 0 Å². The zero-order chi connectivity index (χ0) is 43.6. The van der Waals surface area contributed by atoms with Gasteiger partial charge in [0.05, 0.1) is 43.3 Å². The van der Waals surface area contributed by atoms with Gasteiger partial charge in [-0.15, -0.1) is 13.2 Å². The van der Waals surface area contributed by atoms with E-state index >= 15 is 0 Å². The molecule has 328 valence electrons. The average Bonchev–Trinajstić information content (AvgIpc) is 4.07. The Morgan fingerprint density at radius 2 is 1.29 bits per heavy atom. The number of rotatable bonds is 10. The highest BCUT2D eigenvalue weighted by atomic mass is 33.4. The second-order valence-electron chi connectivity index (χ2n) is 17.2. The van der Waals surface area contributed by atoms with Crippen molar-refractivity contribution < 1.29 is 38.1 Å². The third-order valence-corrected chi connectivity index (χ3v) is 27.2. The summed E-state index contributed by atoms with van der Waals surface area (Å²) in [6.45, 7) is 21.8. The summed E-state index contributed by atoms with van der Waals surface area (Å²) in [5, 5.41) is 9.85. The minimum Gasteiger partial charge on any atom is -0.349 e. The van der Waals surface area contributed by atoms with Gasteiger partial charge >= 0.3 is 0 Å². The highest BCUT2D eigenvalue weighted by Gasteiger charge is 2.64. The van der Waals surface area contributed by atoms with Crippen LogP contribution in [0.2, 0.25) is 0 Å². The summed E-state index contributed by atoms with van der Waals surface area (Å²) in [5.74, 6) is 0.0951. The van der Waals surface area contributed by atoms with E-state index in [0.717, 1.165) is 31.3 Å². The maximum absolute atomic E-state index is 13.6. The number of hydrogen-bond donors (Lipinski definition) is 0. The van der Waals surface area contributed by atoms with Crippen LogP contribution in [-0.4, -0.2) is 62.1 Å². The lowest BCUT2D eigenvalue weighted by Crippen LogP contribution is -2.54. The Balaban J connectivity index is 0.000000217. The largest absolute Gasteiger partial charge is 0.349 e. The molecule has 2 heterocycles. The van der Waals surface area contributed by atoms with E-state index < -0.39 is 45.6 Å². The van der Waals surface area contributed by atoms with Crippen LogP contribution in [0, 0.1) is 56.2 Å². The molecule has 0 aromatic rings. The first-order chi connectivity index (χ1) is 28.0. The summed E-state index contributed by atoms with van der Waals surface area (Å²) < 4.78 is 22.6. The van der Waals surface area contributed by atoms with E-state index in [4.69, 9.17) is 18.9 Å². The van der Waals surface area contributed by atoms with Crippen molar-refractivity contribution in [2.75, 3.05) is 26.4 Å². The number of Topliss-reactive ketones (excluding diaryl/α,β-unsaturated/α-hetero) is 4. The molecule has 6 aliphatic rings. The van der Waals surface area contributed by atoms with Crippen LogP contribution in [-0.2, 0) is 123 Å². The monoisotopic (exact) mass is 979 g/mol. The van der Waals surface area contributed by atoms with Gasteiger partial charge in [-0.05, 0) is 57.3 Å². The second-order valence-corrected chi connectivity index (χ2v) is 29.6. The molecule has 2 saturated carbocycles. The highest BCUT2D eigenvalue weighted by molar-refractivity contribution is 8.72. The number of nitriles is 1. The van der Waals surface area contributed by atoms with Gasteiger partial charge in [0.25, 0.3) is 0 Å². The van der Waals surface area contributed by atoms with E-state index in [1.54, 1.807) is 56.6 Å². The fraction of sp³-hybridized carbons (Fsp3) is 0.732. The molecule has 6 rings (SSSR count). The van der Waals surface area contributed by atoms with Crippen molar-refractivity contribution in [2.45, 2.75) is 118 Å². The van der Waals surface area contributed by atoms with Gasteiger partial charge in [0.1, 0.15) is 17.3 Å². The number of allylic oxidation sites excluding steroid dienone is 2. The standard InChI is InChI=1S/C21H29NO4.C20H28O4.S9/c1-5-19(3,18-25-10-11-26-18)12-16(24)20(4)14(2)6-8-21(13-22)9-7-15(23)17(20)21;1-5-19(3,18-23-10-11-24-18)12-16(22)20(4)13(2)6-7-14-8-9-15(21)17(14)20;1-3-5-7-9-8-6-4-2/h5,14,17-18H,1,6-12H2,2-4H3;5,13,18H,1,6-12H2,2-4H3;/t14-,17+,19-,20+,21+;13-,19-,20+;/m11./s1. The zero-order valence-electron chi connectivity index (χ0n) is 34.7. The van der Waals surface area contributed by atoms with Crippen LogP contribution in [0.3, 0.4) is 0 Å². The molecule has 0 aromatic carbocycles. The molecule has 4 aliphatic carbocycles. The molecule has 18 heteroatoms. The minimum atomic E-state index is -0.829. The lowest BCUT2D eigenvalue weighted by molar-refractivity contribution is -0.156. The Kier molecular flexibility index (Phi) is 19.1. The van der Waals surface area contributed by atoms with Crippen LogP contribution in [0.4, 0.5) is 0 Å². The van der Waals surface area contributed by atoms with E-state index in [1.807, 2.05) is 34.6 Å². The maximum Gasteiger partial charge on any atom is 0.166 e. The summed E-state index contributed by atoms with van der Waals surface area (Å²) >= 11 is 9.27. The Hall–Kier alpha value is -0.790. The van der Waals surface area contributed by atoms with Crippen molar-refractivity contribution in [3.63, 3.8) is 0 Å². The Labute approximate surface area is 380 Å². The Morgan fingerprint density at radius 3 is 1.78 bits per heavy atom. The molecule has 8 atom stereocenters. The summed E-state index contributed by atoms with van der Waals surface area (Å²) in [6, 6.07) is 2.43. The first-order valence-electron chi connectivity index (χ1n) is 19.9. The number of ketones is 4. The van der Waals surface area contributed by atoms with Crippen molar-refractivity contribution >= 4 is 108 Å². The summed E-state index contributed by atoms with van der Waals surface area (Å²) in [6.07, 6.45) is 8.85. The molecular formula is C41H57NO8S9. The fourth-order valence-corrected chi connectivity index (χ4v) is 23.6. The van der Waals surface area contributed by atoms with Crippen molar-refractivity contribution in [3.8, 4) is 6.07 Å². The van der Waals surface area contributed by atoms with E-state index in [0.29, 0.717) is 52.1 Å². The average molecular weight is 981 g/mol. The molecule has 0 unspecified atom stereocenters. The molecule has 0 bridgehead atoms. The van der Waals surface area contributed by atoms with Crippen LogP contribution in [0.5, 0.6) is 0 Å². The topological polar surface area (TPSA) is 129 Å². The molecular weight excluding hydrogens is 923 g/mol. The highest BCUT2D eigenvalue weighted by Crippen LogP contribution is 2.61. The first-order valence-corrected chi connectivity index (χ1v) is 30.6. The normalized spacial score (nSPS) is 32.2. The molecule has 4 fully saturated rings. The molecule has 0 aromatic heterocycles. The van der Waals surface area contributed by atoms with Gasteiger partial charge in [0.2, 0.25) is 0 Å². The predicted molar refractivity (Wildman–Crippen MR) is 254 cm³/mol. The molecule has 59 heavy (non-hydrogen) atoms. The third kappa shape index (κ3) is 10.9. The third-order valence-electron chi connectivity index (χ3n) is 13.9. The number of fused-ring (bicyclic) bond motifs is 1. The van der Waals surface area contributed by atoms with E-state index in [2.05, 4.69) is 48.5 Å². The van der Waals surface area contributed by atoms with E-state index in [9.17, 15) is 24.4 Å². The van der Waals surface area contributed by atoms with Crippen molar-refractivity contribution in [2.24, 2.45) is 44.8 Å². The lowest BCUT2D eigenvalue weighted by Gasteiger charge is -2.50. The van der Waals surface area contributed by atoms with Gasteiger partial charge in [0, 0.05) is 138 Å². The van der Waals surface area contributed by atoms with Crippen LogP contribution in [0.15, 0.2) is 36.5 Å². The smallest absolute Gasteiger partial charge is 0.166 e. The van der Waals surface area contributed by atoms with Crippen LogP contribution in [0.25, 0.3) is 0 Å². The lowest BCUT2D eigenvalue weighted by atomic mass is 9.50. The number of carbonyl (C=O) groups excluding carboxylic acids is 4. The quantitative estimate of drug-likeness (QED) is 0.210. The SMILES string of the molecule is C=C[C@](C)(CC(=O)[C@@]1(C)C2=C(CCC2=O)CC[C@H]1C)C1OCCO1.C=C[C@](C)(CC(=O)[C@]1(C)[C@H](C)CC[C@@]2(C#N)CCC(=O)[C@H]21)C1OCCO1.S=S=S=S=S=S=S=S=S. The number of ether oxygens (including phenoxy) is 4. The van der Waals surface area contributed by atoms with Crippen LogP contribution in [0.1, 0.15) is 106 Å². The number of nitrogens with zero attached hydrogens (tertiary/aromatic N) is 1. The maximum atomic E-state index is 13.6. The number of hydrogen-bond acceptors (Lipinski definition) is 11. The molecule has 2 saturated heterocycles. The van der Waals surface area contributed by atoms with Gasteiger partial charge in [-0.2, -0.15) is 5.26 Å². The van der Waals surface area contributed by atoms with Gasteiger partial charge < -0.3 is 18.9 Å². The molecule has 2 aliphatic heterocycles. The van der Waals surface area contributed by atoms with Gasteiger partial charge in [0.15, 0.2) is 18.4 Å². The van der Waals surface area contributed by atoms with Gasteiger partial charge in [-0.25, -0.2) is 0 Å². The Bertz CT molecular complexity index is 2040. The molecule has 0 amide bonds. The first kappa shape index (κ1) is 50.9. The minimum absolute atomic E-state index is 0.0195. The molecule has 9 nitrogen and oxygen atoms in total. The van der Waals surface area contributed by atoms with Crippen LogP contribution < -0.4 is 0 Å². The summed E-state index contributed by atoms with van der Waals surface area (Å²) in [7, 11) is 10.9. The molecule has 0 N–H and O–H groups in total. The van der Waals surface area contributed by atoms with Gasteiger partial charge in [-0.1, -0.05) is 52.3 Å². The second kappa shape index (κ2) is 22.2. The molecule has 0 spiro atoms. The summed E-state index contributed by atoms with van der Waals surface area (Å²) in [5.41, 5.74) is -1.40. The Morgan fingerprint density at radius 1 is 0.780 bits per heavy atom. The van der Waals surface area contributed by atoms with Crippen molar-refractivity contribution in [3.05, 3.63) is 36.5 Å².